The number of carbonyl (C=O) groups is 1. The Labute approximate surface area is 102 Å². The number of nitrogens with zero attached hydrogens (tertiary/aromatic N) is 1. The topological polar surface area (TPSA) is 61.7 Å². The molecule has 4 nitrogen and oxygen atoms in total. The molecular weight excluding hydrogens is 251 g/mol. The Hall–Kier alpha value is -1.52. The summed E-state index contributed by atoms with van der Waals surface area (Å²) >= 11 is 10.9. The molecule has 1 rings (SSSR count). The summed E-state index contributed by atoms with van der Waals surface area (Å²) in [5, 5.41) is 11.6. The summed E-state index contributed by atoms with van der Waals surface area (Å²) in [7, 11) is 0. The summed E-state index contributed by atoms with van der Waals surface area (Å²) < 4.78 is 0. The van der Waals surface area contributed by atoms with Gasteiger partial charge in [0.1, 0.15) is 5.03 Å². The number of benzene rings is 1. The van der Waals surface area contributed by atoms with Crippen molar-refractivity contribution in [1.82, 2.24) is 0 Å². The lowest BCUT2D eigenvalue weighted by Crippen LogP contribution is -1.97. The Kier molecular flexibility index (Phi) is 4.82. The number of aliphatic carboxylic acids is 1. The van der Waals surface area contributed by atoms with E-state index in [4.69, 9.17) is 28.3 Å². The zero-order valence-electron chi connectivity index (χ0n) is 8.02. The molecule has 6 heteroatoms. The van der Waals surface area contributed by atoms with Crippen LogP contribution in [0.4, 0.5) is 5.69 Å². The molecule has 1 aromatic carbocycles. The molecule has 0 spiro atoms. The van der Waals surface area contributed by atoms with Crippen LogP contribution in [0.2, 0.25) is 0 Å². The number of carboxylic acids is 1. The van der Waals surface area contributed by atoms with Crippen LogP contribution in [0.5, 0.6) is 0 Å². The molecule has 0 atom stereocenters. The second kappa shape index (κ2) is 6.15. The molecule has 0 unspecified atom stereocenters. The third-order valence-electron chi connectivity index (χ3n) is 1.54. The van der Waals surface area contributed by atoms with Crippen molar-refractivity contribution in [3.05, 3.63) is 40.4 Å². The third kappa shape index (κ3) is 3.92. The number of halogens is 2. The SMILES string of the molecule is O=C(O)/C(Cl)=C(\Cl)C=NNc1ccccc1. The zero-order chi connectivity index (χ0) is 12.0. The smallest absolute Gasteiger partial charge is 0.348 e. The van der Waals surface area contributed by atoms with Crippen LogP contribution in [-0.2, 0) is 4.79 Å². The minimum Gasteiger partial charge on any atom is -0.477 e. The summed E-state index contributed by atoms with van der Waals surface area (Å²) in [5.41, 5.74) is 3.43. The van der Waals surface area contributed by atoms with Crippen molar-refractivity contribution in [3.8, 4) is 0 Å². The van der Waals surface area contributed by atoms with Gasteiger partial charge in [-0.2, -0.15) is 5.10 Å². The number of nitrogens with one attached hydrogen (secondary N) is 1. The first-order valence-electron chi connectivity index (χ1n) is 4.24. The number of rotatable bonds is 4. The number of hydrogen-bond donors (Lipinski definition) is 2. The zero-order valence-corrected chi connectivity index (χ0v) is 9.53. The Morgan fingerprint density at radius 1 is 1.31 bits per heavy atom. The number of carboxylic acid groups (broad SMARTS) is 1. The fourth-order valence-electron chi connectivity index (χ4n) is 0.835. The van der Waals surface area contributed by atoms with E-state index in [-0.39, 0.29) is 5.03 Å². The fourth-order valence-corrected chi connectivity index (χ4v) is 1.01. The van der Waals surface area contributed by atoms with E-state index < -0.39 is 11.0 Å². The summed E-state index contributed by atoms with van der Waals surface area (Å²) in [6, 6.07) is 9.13. The summed E-state index contributed by atoms with van der Waals surface area (Å²) in [6.07, 6.45) is 1.13. The lowest BCUT2D eigenvalue weighted by atomic mass is 10.3. The van der Waals surface area contributed by atoms with Gasteiger partial charge in [-0.05, 0) is 12.1 Å². The highest BCUT2D eigenvalue weighted by Crippen LogP contribution is 2.12. The van der Waals surface area contributed by atoms with Crippen LogP contribution in [0, 0.1) is 0 Å². The van der Waals surface area contributed by atoms with Gasteiger partial charge in [0.2, 0.25) is 0 Å². The number of anilines is 1. The lowest BCUT2D eigenvalue weighted by Gasteiger charge is -1.98. The van der Waals surface area contributed by atoms with Gasteiger partial charge >= 0.3 is 5.97 Å². The van der Waals surface area contributed by atoms with Gasteiger partial charge < -0.3 is 5.11 Å². The van der Waals surface area contributed by atoms with E-state index >= 15 is 0 Å². The molecule has 0 aliphatic rings. The van der Waals surface area contributed by atoms with Crippen LogP contribution in [0.15, 0.2) is 45.5 Å². The molecular formula is C10H8Cl2N2O2. The monoisotopic (exact) mass is 258 g/mol. The first-order chi connectivity index (χ1) is 7.61. The molecule has 0 bridgehead atoms. The summed E-state index contributed by atoms with van der Waals surface area (Å²) in [4.78, 5) is 10.4. The van der Waals surface area contributed by atoms with Crippen molar-refractivity contribution in [2.75, 3.05) is 5.43 Å². The Bertz CT molecular complexity index is 430. The molecule has 0 aliphatic heterocycles. The molecule has 2 N–H and O–H groups in total. The van der Waals surface area contributed by atoms with Gasteiger partial charge in [-0.3, -0.25) is 5.43 Å². The van der Waals surface area contributed by atoms with Gasteiger partial charge in [0, 0.05) is 0 Å². The number of allylic oxidation sites excluding steroid dienone is 1. The van der Waals surface area contributed by atoms with E-state index in [1.807, 2.05) is 18.2 Å². The third-order valence-corrected chi connectivity index (χ3v) is 2.29. The van der Waals surface area contributed by atoms with Gasteiger partial charge in [-0.15, -0.1) is 0 Å². The first-order valence-corrected chi connectivity index (χ1v) is 4.99. The molecule has 84 valence electrons. The van der Waals surface area contributed by atoms with Crippen LogP contribution in [-0.4, -0.2) is 17.3 Å². The normalized spacial score (nSPS) is 12.4. The van der Waals surface area contributed by atoms with E-state index in [2.05, 4.69) is 10.5 Å². The van der Waals surface area contributed by atoms with Crippen molar-refractivity contribution in [2.45, 2.75) is 0 Å². The van der Waals surface area contributed by atoms with Crippen molar-refractivity contribution >= 4 is 41.1 Å². The van der Waals surface area contributed by atoms with Crippen molar-refractivity contribution < 1.29 is 9.90 Å². The molecule has 1 aromatic rings. The average molecular weight is 259 g/mol. The molecule has 0 aromatic heterocycles. The fraction of sp³-hybridized carbons (Fsp3) is 0. The van der Waals surface area contributed by atoms with Gasteiger partial charge in [0.25, 0.3) is 0 Å². The molecule has 0 fully saturated rings. The van der Waals surface area contributed by atoms with E-state index in [1.54, 1.807) is 12.1 Å². The van der Waals surface area contributed by atoms with Crippen LogP contribution >= 0.6 is 23.2 Å². The van der Waals surface area contributed by atoms with E-state index in [0.29, 0.717) is 0 Å². The van der Waals surface area contributed by atoms with Gasteiger partial charge in [-0.1, -0.05) is 41.4 Å². The van der Waals surface area contributed by atoms with Crippen LogP contribution in [0.25, 0.3) is 0 Å². The van der Waals surface area contributed by atoms with E-state index in [1.165, 1.54) is 0 Å². The second-order valence-corrected chi connectivity index (χ2v) is 3.49. The summed E-state index contributed by atoms with van der Waals surface area (Å²) in [6.45, 7) is 0. The van der Waals surface area contributed by atoms with E-state index in [9.17, 15) is 4.79 Å². The maximum atomic E-state index is 10.4. The minimum absolute atomic E-state index is 0.141. The van der Waals surface area contributed by atoms with Crippen LogP contribution in [0.1, 0.15) is 0 Å². The molecule has 0 saturated carbocycles. The van der Waals surface area contributed by atoms with Gasteiger partial charge in [0.15, 0.2) is 0 Å². The number of hydrogen-bond acceptors (Lipinski definition) is 3. The Morgan fingerprint density at radius 2 is 1.94 bits per heavy atom. The standard InChI is InChI=1S/C10H8Cl2N2O2/c11-8(9(12)10(15)16)6-13-14-7-4-2-1-3-5-7/h1-6,14H,(H,15,16)/b9-8+,13-6?. The highest BCUT2D eigenvalue weighted by Gasteiger charge is 2.07. The second-order valence-electron chi connectivity index (χ2n) is 2.70. The maximum absolute atomic E-state index is 10.4. The number of hydrazone groups is 1. The van der Waals surface area contributed by atoms with Crippen molar-refractivity contribution in [3.63, 3.8) is 0 Å². The highest BCUT2D eigenvalue weighted by molar-refractivity contribution is 6.51. The first kappa shape index (κ1) is 12.5. The lowest BCUT2D eigenvalue weighted by molar-refractivity contribution is -0.131. The number of para-hydroxylation sites is 1. The van der Waals surface area contributed by atoms with E-state index in [0.717, 1.165) is 11.9 Å². The predicted molar refractivity (Wildman–Crippen MR) is 64.9 cm³/mol. The molecule has 0 radical (unpaired) electrons. The average Bonchev–Trinajstić information content (AvgIpc) is 2.29. The molecule has 16 heavy (non-hydrogen) atoms. The minimum atomic E-state index is -1.29. The van der Waals surface area contributed by atoms with Gasteiger partial charge in [-0.25, -0.2) is 4.79 Å². The maximum Gasteiger partial charge on any atom is 0.348 e. The largest absolute Gasteiger partial charge is 0.477 e. The van der Waals surface area contributed by atoms with Gasteiger partial charge in [0.05, 0.1) is 16.9 Å². The summed E-state index contributed by atoms with van der Waals surface area (Å²) in [5.74, 6) is -1.29. The van der Waals surface area contributed by atoms with Crippen LogP contribution in [0.3, 0.4) is 0 Å². The Balaban J connectivity index is 2.63. The predicted octanol–water partition coefficient (Wildman–Crippen LogP) is 2.86. The molecule has 0 saturated heterocycles. The Morgan fingerprint density at radius 3 is 2.50 bits per heavy atom. The molecule has 0 aliphatic carbocycles. The quantitative estimate of drug-likeness (QED) is 0.496. The van der Waals surface area contributed by atoms with Crippen LogP contribution < -0.4 is 5.43 Å². The van der Waals surface area contributed by atoms with Crippen molar-refractivity contribution in [2.24, 2.45) is 5.10 Å². The molecule has 0 amide bonds. The van der Waals surface area contributed by atoms with Crippen molar-refractivity contribution in [1.29, 1.82) is 0 Å². The molecule has 0 heterocycles. The highest BCUT2D eigenvalue weighted by atomic mass is 35.5.